The van der Waals surface area contributed by atoms with Crippen LogP contribution in [0, 0.1) is 5.92 Å². The monoisotopic (exact) mass is 406 g/mol. The Labute approximate surface area is 166 Å². The molecule has 0 atom stereocenters. The largest absolute Gasteiger partial charge is 0.573 e. The Morgan fingerprint density at radius 3 is 2.38 bits per heavy atom. The number of halogens is 3. The number of piperidine rings is 1. The molecule has 0 aliphatic carbocycles. The molecule has 3 rings (SSSR count). The number of hydrogen-bond acceptors (Lipinski definition) is 4. The lowest BCUT2D eigenvalue weighted by atomic mass is 9.89. The molecule has 0 radical (unpaired) electrons. The summed E-state index contributed by atoms with van der Waals surface area (Å²) < 4.78 is 40.9. The van der Waals surface area contributed by atoms with Gasteiger partial charge in [0.15, 0.2) is 5.78 Å². The van der Waals surface area contributed by atoms with Crippen molar-refractivity contribution in [3.8, 4) is 5.75 Å². The average molecular weight is 406 g/mol. The van der Waals surface area contributed by atoms with E-state index in [4.69, 9.17) is 0 Å². The first kappa shape index (κ1) is 20.9. The Morgan fingerprint density at radius 1 is 1.03 bits per heavy atom. The van der Waals surface area contributed by atoms with Crippen molar-refractivity contribution in [1.29, 1.82) is 0 Å². The third-order valence-corrected chi connectivity index (χ3v) is 4.82. The van der Waals surface area contributed by atoms with Gasteiger partial charge in [0.05, 0.1) is 0 Å². The Bertz CT molecular complexity index is 891. The number of anilines is 1. The predicted molar refractivity (Wildman–Crippen MR) is 102 cm³/mol. The summed E-state index contributed by atoms with van der Waals surface area (Å²) in [5.41, 5.74) is 0.918. The van der Waals surface area contributed by atoms with Crippen molar-refractivity contribution in [1.82, 2.24) is 4.90 Å². The molecule has 1 saturated heterocycles. The average Bonchev–Trinajstić information content (AvgIpc) is 2.67. The Morgan fingerprint density at radius 2 is 1.69 bits per heavy atom. The van der Waals surface area contributed by atoms with E-state index in [-0.39, 0.29) is 17.3 Å². The second-order valence-electron chi connectivity index (χ2n) is 7.05. The molecule has 1 fully saturated rings. The zero-order valence-electron chi connectivity index (χ0n) is 15.8. The first-order valence-electron chi connectivity index (χ1n) is 9.21. The number of benzene rings is 2. The number of Topliss-reactive ketones (excluding diaryl/α,β-unsaturated/α-hetero) is 1. The first-order valence-corrected chi connectivity index (χ1v) is 9.21. The molecule has 0 saturated carbocycles. The number of alkyl halides is 3. The van der Waals surface area contributed by atoms with Crippen LogP contribution in [0.4, 0.5) is 18.9 Å². The molecule has 154 valence electrons. The molecular formula is C21H21F3N2O3. The van der Waals surface area contributed by atoms with E-state index in [0.29, 0.717) is 11.3 Å². The number of ketones is 1. The number of ether oxygens (including phenoxy) is 1. The van der Waals surface area contributed by atoms with Gasteiger partial charge in [0, 0.05) is 22.7 Å². The summed E-state index contributed by atoms with van der Waals surface area (Å²) in [5, 5.41) is 2.62. The number of amides is 1. The van der Waals surface area contributed by atoms with Crippen molar-refractivity contribution in [3.05, 3.63) is 59.7 Å². The van der Waals surface area contributed by atoms with Gasteiger partial charge in [-0.2, -0.15) is 0 Å². The van der Waals surface area contributed by atoms with E-state index >= 15 is 0 Å². The SMILES string of the molecule is CN1CCC(C(=O)c2cccc(NC(=O)c3cccc(OC(F)(F)F)c3)c2)CC1. The van der Waals surface area contributed by atoms with Crippen LogP contribution in [0.1, 0.15) is 33.6 Å². The molecule has 1 aliphatic rings. The number of nitrogens with one attached hydrogen (secondary N) is 1. The van der Waals surface area contributed by atoms with Gasteiger partial charge in [-0.3, -0.25) is 9.59 Å². The number of hydrogen-bond donors (Lipinski definition) is 1. The van der Waals surface area contributed by atoms with E-state index in [0.717, 1.165) is 38.1 Å². The van der Waals surface area contributed by atoms with Crippen LogP contribution in [-0.2, 0) is 0 Å². The minimum atomic E-state index is -4.84. The quantitative estimate of drug-likeness (QED) is 0.750. The van der Waals surface area contributed by atoms with Crippen LogP contribution < -0.4 is 10.1 Å². The summed E-state index contributed by atoms with van der Waals surface area (Å²) in [4.78, 5) is 27.3. The summed E-state index contributed by atoms with van der Waals surface area (Å²) in [6.07, 6.45) is -3.26. The van der Waals surface area contributed by atoms with E-state index in [2.05, 4.69) is 15.0 Å². The summed E-state index contributed by atoms with van der Waals surface area (Å²) in [6, 6.07) is 11.4. The fourth-order valence-corrected chi connectivity index (χ4v) is 3.29. The molecule has 2 aromatic carbocycles. The zero-order chi connectivity index (χ0) is 21.0. The van der Waals surface area contributed by atoms with Gasteiger partial charge in [0.1, 0.15) is 5.75 Å². The molecule has 1 heterocycles. The van der Waals surface area contributed by atoms with Crippen molar-refractivity contribution in [2.24, 2.45) is 5.92 Å². The normalized spacial score (nSPS) is 15.7. The van der Waals surface area contributed by atoms with E-state index in [9.17, 15) is 22.8 Å². The molecule has 1 aliphatic heterocycles. The van der Waals surface area contributed by atoms with Gasteiger partial charge in [0.25, 0.3) is 5.91 Å². The lowest BCUT2D eigenvalue weighted by molar-refractivity contribution is -0.274. The van der Waals surface area contributed by atoms with E-state index in [1.807, 2.05) is 7.05 Å². The Balaban J connectivity index is 1.69. The molecule has 0 spiro atoms. The summed E-state index contributed by atoms with van der Waals surface area (Å²) in [5.74, 6) is -1.08. The maximum absolute atomic E-state index is 12.7. The molecule has 1 amide bonds. The van der Waals surface area contributed by atoms with Gasteiger partial charge in [0.2, 0.25) is 0 Å². The van der Waals surface area contributed by atoms with Crippen LogP contribution >= 0.6 is 0 Å². The van der Waals surface area contributed by atoms with Crippen molar-refractivity contribution < 1.29 is 27.5 Å². The molecule has 2 aromatic rings. The standard InChI is InChI=1S/C21H21F3N2O3/c1-26-10-8-14(9-11-26)19(27)15-4-2-6-17(12-15)25-20(28)16-5-3-7-18(13-16)29-21(22,23)24/h2-7,12-14H,8-11H2,1H3,(H,25,28). The second kappa shape index (κ2) is 8.65. The number of likely N-dealkylation sites (tertiary alicyclic amines) is 1. The Kier molecular flexibility index (Phi) is 6.22. The number of rotatable bonds is 5. The van der Waals surface area contributed by atoms with Crippen molar-refractivity contribution in [2.75, 3.05) is 25.5 Å². The van der Waals surface area contributed by atoms with Gasteiger partial charge < -0.3 is 15.0 Å². The third kappa shape index (κ3) is 5.80. The third-order valence-electron chi connectivity index (χ3n) is 4.82. The van der Waals surface area contributed by atoms with Crippen LogP contribution in [-0.4, -0.2) is 43.1 Å². The van der Waals surface area contributed by atoms with Gasteiger partial charge >= 0.3 is 6.36 Å². The van der Waals surface area contributed by atoms with Crippen LogP contribution in [0.15, 0.2) is 48.5 Å². The molecule has 0 aromatic heterocycles. The highest BCUT2D eigenvalue weighted by molar-refractivity contribution is 6.05. The lowest BCUT2D eigenvalue weighted by Crippen LogP contribution is -2.33. The topological polar surface area (TPSA) is 58.6 Å². The van der Waals surface area contributed by atoms with Crippen molar-refractivity contribution >= 4 is 17.4 Å². The van der Waals surface area contributed by atoms with Gasteiger partial charge in [-0.05, 0) is 63.3 Å². The van der Waals surface area contributed by atoms with Gasteiger partial charge in [-0.1, -0.05) is 18.2 Å². The fraction of sp³-hybridized carbons (Fsp3) is 0.333. The molecule has 8 heteroatoms. The van der Waals surface area contributed by atoms with Gasteiger partial charge in [-0.25, -0.2) is 0 Å². The van der Waals surface area contributed by atoms with Crippen LogP contribution in [0.3, 0.4) is 0 Å². The molecule has 0 unspecified atom stereocenters. The predicted octanol–water partition coefficient (Wildman–Crippen LogP) is 4.36. The number of carbonyl (C=O) groups is 2. The first-order chi connectivity index (χ1) is 13.7. The highest BCUT2D eigenvalue weighted by Gasteiger charge is 2.31. The van der Waals surface area contributed by atoms with Crippen molar-refractivity contribution in [3.63, 3.8) is 0 Å². The highest BCUT2D eigenvalue weighted by Crippen LogP contribution is 2.25. The van der Waals surface area contributed by atoms with Crippen LogP contribution in [0.2, 0.25) is 0 Å². The van der Waals surface area contributed by atoms with E-state index in [1.54, 1.807) is 24.3 Å². The molecule has 1 N–H and O–H groups in total. The summed E-state index contributed by atoms with van der Waals surface area (Å²) >= 11 is 0. The minimum absolute atomic E-state index is 0.0128. The number of carbonyl (C=O) groups excluding carboxylic acids is 2. The summed E-state index contributed by atoms with van der Waals surface area (Å²) in [7, 11) is 2.02. The molecule has 0 bridgehead atoms. The highest BCUT2D eigenvalue weighted by atomic mass is 19.4. The smallest absolute Gasteiger partial charge is 0.406 e. The molecule has 5 nitrogen and oxygen atoms in total. The lowest BCUT2D eigenvalue weighted by Gasteiger charge is -2.28. The minimum Gasteiger partial charge on any atom is -0.406 e. The fourth-order valence-electron chi connectivity index (χ4n) is 3.29. The zero-order valence-corrected chi connectivity index (χ0v) is 15.8. The maximum atomic E-state index is 12.7. The van der Waals surface area contributed by atoms with Crippen LogP contribution in [0.5, 0.6) is 5.75 Å². The Hall–Kier alpha value is -2.87. The second-order valence-corrected chi connectivity index (χ2v) is 7.05. The van der Waals surface area contributed by atoms with Crippen molar-refractivity contribution in [2.45, 2.75) is 19.2 Å². The molecular weight excluding hydrogens is 385 g/mol. The summed E-state index contributed by atoms with van der Waals surface area (Å²) in [6.45, 7) is 1.73. The van der Waals surface area contributed by atoms with Gasteiger partial charge in [-0.15, -0.1) is 13.2 Å². The number of nitrogens with zero attached hydrogens (tertiary/aromatic N) is 1. The van der Waals surface area contributed by atoms with E-state index in [1.165, 1.54) is 12.1 Å². The van der Waals surface area contributed by atoms with Crippen LogP contribution in [0.25, 0.3) is 0 Å². The maximum Gasteiger partial charge on any atom is 0.573 e. The molecule has 29 heavy (non-hydrogen) atoms. The van der Waals surface area contributed by atoms with E-state index < -0.39 is 18.0 Å².